The van der Waals surface area contributed by atoms with Crippen LogP contribution in [0.3, 0.4) is 0 Å². The lowest BCUT2D eigenvalue weighted by atomic mass is 10.1. The van der Waals surface area contributed by atoms with Crippen LogP contribution >= 0.6 is 38.9 Å². The van der Waals surface area contributed by atoms with Crippen molar-refractivity contribution < 1.29 is 4.39 Å². The molecule has 0 saturated carbocycles. The van der Waals surface area contributed by atoms with Gasteiger partial charge in [0.15, 0.2) is 0 Å². The predicted molar refractivity (Wildman–Crippen MR) is 74.2 cm³/mol. The molecule has 2 N–H and O–H groups in total. The van der Waals surface area contributed by atoms with Gasteiger partial charge >= 0.3 is 0 Å². The third-order valence-electron chi connectivity index (χ3n) is 2.48. The molecule has 5 heteroatoms. The van der Waals surface area contributed by atoms with E-state index in [1.165, 1.54) is 23.5 Å². The normalized spacial score (nSPS) is 12.8. The van der Waals surface area contributed by atoms with Gasteiger partial charge in [-0.1, -0.05) is 33.6 Å². The monoisotopic (exact) mass is 333 g/mol. The molecule has 0 amide bonds. The second kappa shape index (κ2) is 5.06. The fourth-order valence-corrected chi connectivity index (χ4v) is 3.38. The smallest absolute Gasteiger partial charge is 0.124 e. The van der Waals surface area contributed by atoms with Crippen LogP contribution in [0.15, 0.2) is 28.7 Å². The highest BCUT2D eigenvalue weighted by Crippen LogP contribution is 2.35. The van der Waals surface area contributed by atoms with E-state index in [9.17, 15) is 4.39 Å². The maximum absolute atomic E-state index is 13.0. The average Bonchev–Trinajstić information content (AvgIpc) is 2.58. The number of aryl methyl sites for hydroxylation is 1. The number of nitrogens with two attached hydrogens (primary N) is 1. The van der Waals surface area contributed by atoms with Crippen molar-refractivity contribution in [1.82, 2.24) is 0 Å². The summed E-state index contributed by atoms with van der Waals surface area (Å²) in [7, 11) is 0. The van der Waals surface area contributed by atoms with E-state index >= 15 is 0 Å². The van der Waals surface area contributed by atoms with Crippen LogP contribution in [-0.4, -0.2) is 0 Å². The van der Waals surface area contributed by atoms with E-state index in [4.69, 9.17) is 17.3 Å². The van der Waals surface area contributed by atoms with E-state index in [0.717, 1.165) is 20.3 Å². The first-order valence-electron chi connectivity index (χ1n) is 4.95. The maximum atomic E-state index is 13.0. The first-order valence-corrected chi connectivity index (χ1v) is 6.94. The molecular weight excluding hydrogens is 325 g/mol. The summed E-state index contributed by atoms with van der Waals surface area (Å²) >= 11 is 10.8. The summed E-state index contributed by atoms with van der Waals surface area (Å²) in [6.07, 6.45) is 0. The van der Waals surface area contributed by atoms with E-state index in [2.05, 4.69) is 15.9 Å². The molecule has 1 aromatic heterocycles. The van der Waals surface area contributed by atoms with E-state index in [-0.39, 0.29) is 11.9 Å². The minimum Gasteiger partial charge on any atom is -0.320 e. The molecule has 0 spiro atoms. The molecule has 17 heavy (non-hydrogen) atoms. The van der Waals surface area contributed by atoms with Crippen molar-refractivity contribution in [2.75, 3.05) is 0 Å². The quantitative estimate of drug-likeness (QED) is 0.849. The van der Waals surface area contributed by atoms with E-state index in [1.807, 2.05) is 13.0 Å². The molecule has 0 radical (unpaired) electrons. The molecule has 90 valence electrons. The van der Waals surface area contributed by atoms with Crippen molar-refractivity contribution in [1.29, 1.82) is 0 Å². The van der Waals surface area contributed by atoms with Gasteiger partial charge in [-0.3, -0.25) is 0 Å². The maximum Gasteiger partial charge on any atom is 0.124 e. The number of benzene rings is 1. The van der Waals surface area contributed by atoms with Crippen LogP contribution in [0, 0.1) is 12.7 Å². The third-order valence-corrected chi connectivity index (χ3v) is 4.81. The highest BCUT2D eigenvalue weighted by Gasteiger charge is 2.16. The fraction of sp³-hybridized carbons (Fsp3) is 0.167. The third kappa shape index (κ3) is 2.71. The lowest BCUT2D eigenvalue weighted by molar-refractivity contribution is 0.625. The van der Waals surface area contributed by atoms with Crippen LogP contribution < -0.4 is 5.73 Å². The average molecular weight is 335 g/mol. The summed E-state index contributed by atoms with van der Waals surface area (Å²) in [5.74, 6) is -0.284. The Morgan fingerprint density at radius 3 is 2.65 bits per heavy atom. The van der Waals surface area contributed by atoms with Gasteiger partial charge in [0.05, 0.1) is 10.4 Å². The Bertz CT molecular complexity index is 536. The molecule has 0 bridgehead atoms. The van der Waals surface area contributed by atoms with Crippen LogP contribution in [0.4, 0.5) is 4.39 Å². The van der Waals surface area contributed by atoms with E-state index in [1.54, 1.807) is 6.07 Å². The molecule has 1 atom stereocenters. The zero-order valence-electron chi connectivity index (χ0n) is 9.01. The van der Waals surface area contributed by atoms with E-state index < -0.39 is 0 Å². The van der Waals surface area contributed by atoms with Crippen molar-refractivity contribution in [2.45, 2.75) is 13.0 Å². The fourth-order valence-electron chi connectivity index (χ4n) is 1.54. The molecule has 1 nitrogen and oxygen atoms in total. The van der Waals surface area contributed by atoms with Gasteiger partial charge in [-0.05, 0) is 36.2 Å². The standard InChI is InChI=1S/C12H10BrClFNS/c1-6-4-10(17-12(6)14)11(16)8-3-2-7(15)5-9(8)13/h2-5,11H,16H2,1H3. The molecule has 0 aliphatic rings. The largest absolute Gasteiger partial charge is 0.320 e. The van der Waals surface area contributed by atoms with Crippen LogP contribution in [0.5, 0.6) is 0 Å². The first kappa shape index (κ1) is 13.0. The van der Waals surface area contributed by atoms with Crippen molar-refractivity contribution in [3.63, 3.8) is 0 Å². The van der Waals surface area contributed by atoms with Gasteiger partial charge in [-0.15, -0.1) is 11.3 Å². The SMILES string of the molecule is Cc1cc(C(N)c2ccc(F)cc2Br)sc1Cl. The van der Waals surface area contributed by atoms with E-state index in [0.29, 0.717) is 4.47 Å². The molecule has 0 aliphatic carbocycles. The first-order chi connectivity index (χ1) is 7.99. The van der Waals surface area contributed by atoms with Gasteiger partial charge in [-0.25, -0.2) is 4.39 Å². The number of rotatable bonds is 2. The molecular formula is C12H10BrClFNS. The lowest BCUT2D eigenvalue weighted by Gasteiger charge is -2.12. The molecule has 1 heterocycles. The summed E-state index contributed by atoms with van der Waals surface area (Å²) < 4.78 is 14.4. The molecule has 1 aromatic carbocycles. The Balaban J connectivity index is 2.39. The molecule has 2 aromatic rings. The summed E-state index contributed by atoms with van der Waals surface area (Å²) in [5, 5.41) is 0. The van der Waals surface area contributed by atoms with Crippen LogP contribution in [0.25, 0.3) is 0 Å². The summed E-state index contributed by atoms with van der Waals surface area (Å²) in [4.78, 5) is 0.972. The second-order valence-electron chi connectivity index (χ2n) is 3.75. The molecule has 0 fully saturated rings. The molecule has 0 saturated heterocycles. The highest BCUT2D eigenvalue weighted by atomic mass is 79.9. The van der Waals surface area contributed by atoms with Crippen molar-refractivity contribution in [2.24, 2.45) is 5.73 Å². The Morgan fingerprint density at radius 1 is 1.41 bits per heavy atom. The van der Waals surface area contributed by atoms with Crippen LogP contribution in [-0.2, 0) is 0 Å². The summed E-state index contributed by atoms with van der Waals surface area (Å²) in [5.41, 5.74) is 8.01. The zero-order valence-corrected chi connectivity index (χ0v) is 12.2. The van der Waals surface area contributed by atoms with Gasteiger partial charge in [-0.2, -0.15) is 0 Å². The number of halogens is 3. The van der Waals surface area contributed by atoms with Gasteiger partial charge in [0.1, 0.15) is 5.82 Å². The van der Waals surface area contributed by atoms with Crippen LogP contribution in [0.1, 0.15) is 22.0 Å². The number of hydrogen-bond acceptors (Lipinski definition) is 2. The van der Waals surface area contributed by atoms with Gasteiger partial charge in [0.25, 0.3) is 0 Å². The van der Waals surface area contributed by atoms with Crippen molar-refractivity contribution >= 4 is 38.9 Å². The number of thiophene rings is 1. The van der Waals surface area contributed by atoms with Crippen molar-refractivity contribution in [3.05, 3.63) is 54.9 Å². The zero-order chi connectivity index (χ0) is 12.6. The van der Waals surface area contributed by atoms with Gasteiger partial charge < -0.3 is 5.73 Å². The topological polar surface area (TPSA) is 26.0 Å². The summed E-state index contributed by atoms with van der Waals surface area (Å²) in [6.45, 7) is 1.94. The molecule has 0 aliphatic heterocycles. The minimum atomic E-state index is -0.291. The Morgan fingerprint density at radius 2 is 2.12 bits per heavy atom. The summed E-state index contributed by atoms with van der Waals surface area (Å²) in [6, 6.07) is 6.18. The number of hydrogen-bond donors (Lipinski definition) is 1. The molecule has 1 unspecified atom stereocenters. The Hall–Kier alpha value is -0.420. The minimum absolute atomic E-state index is 0.284. The highest BCUT2D eigenvalue weighted by molar-refractivity contribution is 9.10. The Labute approximate surface area is 117 Å². The van der Waals surface area contributed by atoms with Gasteiger partial charge in [0, 0.05) is 9.35 Å². The lowest BCUT2D eigenvalue weighted by Crippen LogP contribution is -2.11. The second-order valence-corrected chi connectivity index (χ2v) is 6.29. The van der Waals surface area contributed by atoms with Crippen LogP contribution in [0.2, 0.25) is 4.34 Å². The predicted octanol–water partition coefficient (Wildman–Crippen LogP) is 4.66. The van der Waals surface area contributed by atoms with Crippen molar-refractivity contribution in [3.8, 4) is 0 Å². The molecule has 2 rings (SSSR count). The van der Waals surface area contributed by atoms with Gasteiger partial charge in [0.2, 0.25) is 0 Å². The Kier molecular flexibility index (Phi) is 3.88.